The first-order valence-corrected chi connectivity index (χ1v) is 12.4. The summed E-state index contributed by atoms with van der Waals surface area (Å²) in [5.41, 5.74) is 9.09. The minimum atomic E-state index is 0.240. The van der Waals surface area contributed by atoms with E-state index >= 15 is 0 Å². The van der Waals surface area contributed by atoms with E-state index in [1.165, 1.54) is 71.4 Å². The second-order valence-corrected chi connectivity index (χ2v) is 9.22. The third kappa shape index (κ3) is 5.24. The summed E-state index contributed by atoms with van der Waals surface area (Å²) >= 11 is 0. The number of anilines is 3. The fourth-order valence-corrected chi connectivity index (χ4v) is 5.09. The maximum atomic E-state index is 9.14. The zero-order chi connectivity index (χ0) is 22.3. The molecule has 1 aliphatic carbocycles. The molecule has 2 nitrogen and oxygen atoms in total. The molecule has 3 aromatic carbocycles. The van der Waals surface area contributed by atoms with E-state index in [9.17, 15) is 0 Å². The summed E-state index contributed by atoms with van der Waals surface area (Å²) < 4.78 is 0. The molecule has 0 amide bonds. The molecule has 0 radical (unpaired) electrons. The number of aliphatic hydroxyl groups is 1. The van der Waals surface area contributed by atoms with Gasteiger partial charge in [-0.05, 0) is 104 Å². The van der Waals surface area contributed by atoms with Gasteiger partial charge in [0.05, 0.1) is 0 Å². The van der Waals surface area contributed by atoms with Crippen molar-refractivity contribution in [3.63, 3.8) is 0 Å². The molecule has 1 fully saturated rings. The Hall–Kier alpha value is -2.58. The lowest BCUT2D eigenvalue weighted by Crippen LogP contribution is -2.11. The van der Waals surface area contributed by atoms with Crippen LogP contribution in [-0.4, -0.2) is 11.7 Å². The van der Waals surface area contributed by atoms with E-state index in [1.54, 1.807) is 0 Å². The van der Waals surface area contributed by atoms with Gasteiger partial charge in [0.15, 0.2) is 0 Å². The molecule has 0 aromatic heterocycles. The standard InChI is InChI=1S/C30H37NO/c1-3-25-13-20-30(22-23(25)2)31(28-16-11-24(12-17-28)8-7-21-32)29-18-14-27(15-19-29)26-9-5-4-6-10-26/h11-20,22,26,32H,3-10,21H2,1-2H3. The van der Waals surface area contributed by atoms with Gasteiger partial charge in [-0.2, -0.15) is 0 Å². The maximum absolute atomic E-state index is 9.14. The molecule has 1 saturated carbocycles. The fraction of sp³-hybridized carbons (Fsp3) is 0.400. The average Bonchev–Trinajstić information content (AvgIpc) is 2.85. The molecule has 2 heteroatoms. The Balaban J connectivity index is 1.68. The highest BCUT2D eigenvalue weighted by molar-refractivity contribution is 5.77. The number of benzene rings is 3. The molecule has 0 atom stereocenters. The molecule has 0 aliphatic heterocycles. The Labute approximate surface area is 193 Å². The van der Waals surface area contributed by atoms with Crippen LogP contribution in [0, 0.1) is 6.92 Å². The van der Waals surface area contributed by atoms with Crippen LogP contribution in [-0.2, 0) is 12.8 Å². The highest BCUT2D eigenvalue weighted by Gasteiger charge is 2.17. The van der Waals surface area contributed by atoms with Crippen molar-refractivity contribution in [1.29, 1.82) is 0 Å². The number of aliphatic hydroxyl groups excluding tert-OH is 1. The van der Waals surface area contributed by atoms with Crippen molar-refractivity contribution in [3.8, 4) is 0 Å². The van der Waals surface area contributed by atoms with Gasteiger partial charge in [0, 0.05) is 23.7 Å². The zero-order valence-electron chi connectivity index (χ0n) is 19.7. The van der Waals surface area contributed by atoms with Gasteiger partial charge in [0.1, 0.15) is 0 Å². The second-order valence-electron chi connectivity index (χ2n) is 9.22. The van der Waals surface area contributed by atoms with E-state index in [1.807, 2.05) is 0 Å². The van der Waals surface area contributed by atoms with E-state index in [2.05, 4.69) is 85.5 Å². The lowest BCUT2D eigenvalue weighted by molar-refractivity contribution is 0.288. The third-order valence-electron chi connectivity index (χ3n) is 7.01. The Morgan fingerprint density at radius 3 is 2.03 bits per heavy atom. The first-order valence-electron chi connectivity index (χ1n) is 12.4. The Kier molecular flexibility index (Phi) is 7.65. The topological polar surface area (TPSA) is 23.5 Å². The number of aryl methyl sites for hydroxylation is 3. The van der Waals surface area contributed by atoms with Crippen molar-refractivity contribution in [2.24, 2.45) is 0 Å². The minimum Gasteiger partial charge on any atom is -0.396 e. The van der Waals surface area contributed by atoms with Gasteiger partial charge in [-0.3, -0.25) is 0 Å². The third-order valence-corrected chi connectivity index (χ3v) is 7.01. The van der Waals surface area contributed by atoms with Crippen LogP contribution >= 0.6 is 0 Å². The molecule has 0 saturated heterocycles. The lowest BCUT2D eigenvalue weighted by atomic mass is 9.84. The van der Waals surface area contributed by atoms with Gasteiger partial charge >= 0.3 is 0 Å². The van der Waals surface area contributed by atoms with Crippen LogP contribution in [0.3, 0.4) is 0 Å². The normalized spacial score (nSPS) is 14.5. The Morgan fingerprint density at radius 1 is 0.812 bits per heavy atom. The predicted molar refractivity (Wildman–Crippen MR) is 136 cm³/mol. The van der Waals surface area contributed by atoms with Gasteiger partial charge in [0.25, 0.3) is 0 Å². The molecular formula is C30H37NO. The molecule has 4 rings (SSSR count). The monoisotopic (exact) mass is 427 g/mol. The van der Waals surface area contributed by atoms with Gasteiger partial charge in [-0.15, -0.1) is 0 Å². The summed E-state index contributed by atoms with van der Waals surface area (Å²) in [5.74, 6) is 0.725. The van der Waals surface area contributed by atoms with Crippen LogP contribution in [0.15, 0.2) is 66.7 Å². The van der Waals surface area contributed by atoms with Crippen molar-refractivity contribution >= 4 is 17.1 Å². The number of hydrogen-bond donors (Lipinski definition) is 1. The van der Waals surface area contributed by atoms with Crippen molar-refractivity contribution in [3.05, 3.63) is 89.0 Å². The van der Waals surface area contributed by atoms with Crippen molar-refractivity contribution < 1.29 is 5.11 Å². The SMILES string of the molecule is CCc1ccc(N(c2ccc(CCCO)cc2)c2ccc(C3CCCCC3)cc2)cc1C. The molecule has 3 aromatic rings. The molecule has 0 unspecified atom stereocenters. The average molecular weight is 428 g/mol. The van der Waals surface area contributed by atoms with E-state index in [0.29, 0.717) is 0 Å². The zero-order valence-corrected chi connectivity index (χ0v) is 19.7. The molecule has 1 N–H and O–H groups in total. The van der Waals surface area contributed by atoms with Gasteiger partial charge < -0.3 is 10.0 Å². The largest absolute Gasteiger partial charge is 0.396 e. The quantitative estimate of drug-likeness (QED) is 0.393. The van der Waals surface area contributed by atoms with Crippen LogP contribution in [0.25, 0.3) is 0 Å². The summed E-state index contributed by atoms with van der Waals surface area (Å²) in [6.45, 7) is 4.67. The van der Waals surface area contributed by atoms with Crippen LogP contribution in [0.4, 0.5) is 17.1 Å². The van der Waals surface area contributed by atoms with Crippen LogP contribution in [0.1, 0.15) is 73.6 Å². The van der Waals surface area contributed by atoms with Gasteiger partial charge in [-0.1, -0.05) is 56.5 Å². The summed E-state index contributed by atoms with van der Waals surface area (Å²) in [5, 5.41) is 9.14. The fourth-order valence-electron chi connectivity index (χ4n) is 5.09. The van der Waals surface area contributed by atoms with Crippen molar-refractivity contribution in [1.82, 2.24) is 0 Å². The molecular weight excluding hydrogens is 390 g/mol. The Bertz CT molecular complexity index is 984. The molecule has 0 bridgehead atoms. The van der Waals surface area contributed by atoms with Gasteiger partial charge in [0.2, 0.25) is 0 Å². The maximum Gasteiger partial charge on any atom is 0.0464 e. The first-order chi connectivity index (χ1) is 15.7. The highest BCUT2D eigenvalue weighted by Crippen LogP contribution is 2.38. The van der Waals surface area contributed by atoms with E-state index in [0.717, 1.165) is 25.2 Å². The van der Waals surface area contributed by atoms with Crippen LogP contribution < -0.4 is 4.90 Å². The molecule has 0 heterocycles. The molecule has 0 spiro atoms. The molecule has 32 heavy (non-hydrogen) atoms. The van der Waals surface area contributed by atoms with Crippen LogP contribution in [0.5, 0.6) is 0 Å². The minimum absolute atomic E-state index is 0.240. The second kappa shape index (κ2) is 10.8. The number of nitrogens with zero attached hydrogens (tertiary/aromatic N) is 1. The molecule has 1 aliphatic rings. The van der Waals surface area contributed by atoms with Crippen molar-refractivity contribution in [2.75, 3.05) is 11.5 Å². The van der Waals surface area contributed by atoms with Crippen molar-refractivity contribution in [2.45, 2.75) is 71.1 Å². The highest BCUT2D eigenvalue weighted by atomic mass is 16.2. The van der Waals surface area contributed by atoms with E-state index in [-0.39, 0.29) is 6.61 Å². The van der Waals surface area contributed by atoms with Crippen LogP contribution in [0.2, 0.25) is 0 Å². The van der Waals surface area contributed by atoms with E-state index in [4.69, 9.17) is 5.11 Å². The Morgan fingerprint density at radius 2 is 1.44 bits per heavy atom. The predicted octanol–water partition coefficient (Wildman–Crippen LogP) is 8.00. The smallest absolute Gasteiger partial charge is 0.0464 e. The summed E-state index contributed by atoms with van der Waals surface area (Å²) in [7, 11) is 0. The molecule has 168 valence electrons. The summed E-state index contributed by atoms with van der Waals surface area (Å²) in [6, 6.07) is 24.9. The summed E-state index contributed by atoms with van der Waals surface area (Å²) in [6.07, 6.45) is 9.56. The van der Waals surface area contributed by atoms with E-state index < -0.39 is 0 Å². The lowest BCUT2D eigenvalue weighted by Gasteiger charge is -2.28. The number of hydrogen-bond acceptors (Lipinski definition) is 2. The number of rotatable bonds is 8. The summed E-state index contributed by atoms with van der Waals surface area (Å²) in [4.78, 5) is 2.37. The first kappa shape index (κ1) is 22.6. The van der Waals surface area contributed by atoms with Gasteiger partial charge in [-0.25, -0.2) is 0 Å².